The summed E-state index contributed by atoms with van der Waals surface area (Å²) in [7, 11) is 0. The van der Waals surface area contributed by atoms with E-state index in [1.54, 1.807) is 11.3 Å². The van der Waals surface area contributed by atoms with Gasteiger partial charge in [-0.2, -0.15) is 0 Å². The van der Waals surface area contributed by atoms with Crippen molar-refractivity contribution in [2.75, 3.05) is 31.1 Å². The summed E-state index contributed by atoms with van der Waals surface area (Å²) in [6, 6.07) is 9.83. The molecule has 0 bridgehead atoms. The second-order valence-corrected chi connectivity index (χ2v) is 5.58. The fourth-order valence-corrected chi connectivity index (χ4v) is 3.00. The van der Waals surface area contributed by atoms with Gasteiger partial charge in [0, 0.05) is 37.8 Å². The summed E-state index contributed by atoms with van der Waals surface area (Å²) in [4.78, 5) is 13.4. The number of anilines is 1. The predicted octanol–water partition coefficient (Wildman–Crippen LogP) is 1.42. The minimum atomic E-state index is 0.708. The van der Waals surface area contributed by atoms with E-state index in [1.165, 1.54) is 0 Å². The Morgan fingerprint density at radius 1 is 1.19 bits per heavy atom. The van der Waals surface area contributed by atoms with Crippen molar-refractivity contribution in [1.29, 1.82) is 0 Å². The van der Waals surface area contributed by atoms with Crippen molar-refractivity contribution >= 4 is 28.1 Å². The molecule has 2 aromatic rings. The third-order valence-electron chi connectivity index (χ3n) is 3.39. The molecular formula is C14H18N6S. The first-order valence-corrected chi connectivity index (χ1v) is 7.74. The van der Waals surface area contributed by atoms with Crippen molar-refractivity contribution in [2.24, 2.45) is 10.8 Å². The molecule has 1 saturated heterocycles. The van der Waals surface area contributed by atoms with Crippen molar-refractivity contribution < 1.29 is 0 Å². The number of hydrogen-bond donors (Lipinski definition) is 2. The highest BCUT2D eigenvalue weighted by Crippen LogP contribution is 2.19. The van der Waals surface area contributed by atoms with Crippen LogP contribution < -0.4 is 16.2 Å². The topological polar surface area (TPSA) is 69.8 Å². The molecule has 0 saturated carbocycles. The lowest BCUT2D eigenvalue weighted by Gasteiger charge is -2.35. The van der Waals surface area contributed by atoms with Crippen LogP contribution in [0.15, 0.2) is 46.9 Å². The Morgan fingerprint density at radius 2 is 1.95 bits per heavy atom. The van der Waals surface area contributed by atoms with E-state index in [0.29, 0.717) is 5.96 Å². The number of nitrogens with one attached hydrogen (secondary N) is 1. The van der Waals surface area contributed by atoms with E-state index >= 15 is 0 Å². The molecule has 110 valence electrons. The Hall–Kier alpha value is -2.12. The molecular weight excluding hydrogens is 284 g/mol. The maximum atomic E-state index is 5.63. The lowest BCUT2D eigenvalue weighted by atomic mass is 10.3. The highest BCUT2D eigenvalue weighted by atomic mass is 32.1. The number of aromatic nitrogens is 1. The fourth-order valence-electron chi connectivity index (χ4n) is 2.30. The SMILES string of the molecule is NNC(=Nc1ccccc1)N1CCN(c2nccs2)CC1. The summed E-state index contributed by atoms with van der Waals surface area (Å²) in [5, 5.41) is 3.09. The van der Waals surface area contributed by atoms with E-state index in [9.17, 15) is 0 Å². The highest BCUT2D eigenvalue weighted by molar-refractivity contribution is 7.13. The van der Waals surface area contributed by atoms with Crippen LogP contribution in [0.2, 0.25) is 0 Å². The molecule has 0 aliphatic carbocycles. The van der Waals surface area contributed by atoms with Crippen molar-refractivity contribution in [1.82, 2.24) is 15.3 Å². The lowest BCUT2D eigenvalue weighted by molar-refractivity contribution is 0.374. The molecule has 0 amide bonds. The first-order valence-electron chi connectivity index (χ1n) is 6.86. The molecule has 0 spiro atoms. The number of thiazole rings is 1. The first-order chi connectivity index (χ1) is 10.4. The number of para-hydroxylation sites is 1. The molecule has 2 heterocycles. The number of benzene rings is 1. The zero-order valence-corrected chi connectivity index (χ0v) is 12.5. The van der Waals surface area contributed by atoms with Crippen LogP contribution in [-0.4, -0.2) is 42.0 Å². The lowest BCUT2D eigenvalue weighted by Crippen LogP contribution is -2.53. The van der Waals surface area contributed by atoms with Gasteiger partial charge in [-0.15, -0.1) is 11.3 Å². The average Bonchev–Trinajstić information content (AvgIpc) is 3.08. The fraction of sp³-hybridized carbons (Fsp3) is 0.286. The van der Waals surface area contributed by atoms with Crippen LogP contribution in [0, 0.1) is 0 Å². The van der Waals surface area contributed by atoms with Crippen LogP contribution in [0.5, 0.6) is 0 Å². The zero-order valence-electron chi connectivity index (χ0n) is 11.6. The quantitative estimate of drug-likeness (QED) is 0.380. The normalized spacial score (nSPS) is 16.1. The van der Waals surface area contributed by atoms with Crippen LogP contribution in [0.1, 0.15) is 0 Å². The second-order valence-electron chi connectivity index (χ2n) is 4.70. The van der Waals surface area contributed by atoms with Gasteiger partial charge in [-0.3, -0.25) is 5.43 Å². The maximum Gasteiger partial charge on any atom is 0.213 e. The number of aliphatic imine (C=N–C) groups is 1. The summed E-state index contributed by atoms with van der Waals surface area (Å²) < 4.78 is 0. The molecule has 0 atom stereocenters. The summed E-state index contributed by atoms with van der Waals surface area (Å²) in [6.07, 6.45) is 1.84. The molecule has 3 rings (SSSR count). The monoisotopic (exact) mass is 302 g/mol. The molecule has 3 N–H and O–H groups in total. The molecule has 6 nitrogen and oxygen atoms in total. The predicted molar refractivity (Wildman–Crippen MR) is 86.8 cm³/mol. The summed E-state index contributed by atoms with van der Waals surface area (Å²) in [5.41, 5.74) is 3.61. The van der Waals surface area contributed by atoms with Gasteiger partial charge in [0.1, 0.15) is 0 Å². The van der Waals surface area contributed by atoms with Crippen LogP contribution in [-0.2, 0) is 0 Å². The molecule has 0 radical (unpaired) electrons. The number of guanidine groups is 1. The molecule has 21 heavy (non-hydrogen) atoms. The molecule has 7 heteroatoms. The van der Waals surface area contributed by atoms with E-state index in [4.69, 9.17) is 5.84 Å². The van der Waals surface area contributed by atoms with E-state index in [0.717, 1.165) is 37.0 Å². The van der Waals surface area contributed by atoms with Gasteiger partial charge in [0.2, 0.25) is 5.96 Å². The minimum Gasteiger partial charge on any atom is -0.345 e. The van der Waals surface area contributed by atoms with Crippen LogP contribution in [0.25, 0.3) is 0 Å². The average molecular weight is 302 g/mol. The van der Waals surface area contributed by atoms with Crippen molar-refractivity contribution in [2.45, 2.75) is 0 Å². The van der Waals surface area contributed by atoms with Crippen molar-refractivity contribution in [3.63, 3.8) is 0 Å². The zero-order chi connectivity index (χ0) is 14.5. The molecule has 1 aliphatic rings. The van der Waals surface area contributed by atoms with Crippen LogP contribution in [0.3, 0.4) is 0 Å². The highest BCUT2D eigenvalue weighted by Gasteiger charge is 2.20. The van der Waals surface area contributed by atoms with Crippen LogP contribution >= 0.6 is 11.3 Å². The van der Waals surface area contributed by atoms with Gasteiger partial charge in [-0.05, 0) is 12.1 Å². The van der Waals surface area contributed by atoms with Crippen LogP contribution in [0.4, 0.5) is 10.8 Å². The summed E-state index contributed by atoms with van der Waals surface area (Å²) in [5.74, 6) is 6.34. The second kappa shape index (κ2) is 6.55. The van der Waals surface area contributed by atoms with Gasteiger partial charge in [0.05, 0.1) is 5.69 Å². The smallest absolute Gasteiger partial charge is 0.213 e. The van der Waals surface area contributed by atoms with Gasteiger partial charge in [0.25, 0.3) is 0 Å². The largest absolute Gasteiger partial charge is 0.345 e. The number of nitrogens with two attached hydrogens (primary N) is 1. The summed E-state index contributed by atoms with van der Waals surface area (Å²) >= 11 is 1.67. The maximum absolute atomic E-state index is 5.63. The van der Waals surface area contributed by atoms with Gasteiger partial charge in [0.15, 0.2) is 5.13 Å². The molecule has 0 unspecified atom stereocenters. The third-order valence-corrected chi connectivity index (χ3v) is 4.22. The molecule has 1 aliphatic heterocycles. The van der Waals surface area contributed by atoms with Gasteiger partial charge in [-0.1, -0.05) is 18.2 Å². The first kappa shape index (κ1) is 13.8. The van der Waals surface area contributed by atoms with E-state index in [2.05, 4.69) is 25.2 Å². The number of hydrazine groups is 1. The van der Waals surface area contributed by atoms with E-state index in [-0.39, 0.29) is 0 Å². The number of nitrogens with zero attached hydrogens (tertiary/aromatic N) is 4. The van der Waals surface area contributed by atoms with Gasteiger partial charge >= 0.3 is 0 Å². The number of piperazine rings is 1. The van der Waals surface area contributed by atoms with Crippen molar-refractivity contribution in [3.05, 3.63) is 41.9 Å². The Kier molecular flexibility index (Phi) is 4.32. The summed E-state index contributed by atoms with van der Waals surface area (Å²) in [6.45, 7) is 3.58. The minimum absolute atomic E-state index is 0.708. The third kappa shape index (κ3) is 3.32. The van der Waals surface area contributed by atoms with Crippen molar-refractivity contribution in [3.8, 4) is 0 Å². The molecule has 1 aromatic carbocycles. The molecule has 1 aromatic heterocycles. The van der Waals surface area contributed by atoms with E-state index < -0.39 is 0 Å². The van der Waals surface area contributed by atoms with E-state index in [1.807, 2.05) is 41.9 Å². The van der Waals surface area contributed by atoms with Gasteiger partial charge in [-0.25, -0.2) is 15.8 Å². The number of hydrogen-bond acceptors (Lipinski definition) is 5. The standard InChI is InChI=1S/C14H18N6S/c15-18-13(17-12-4-2-1-3-5-12)19-7-9-20(10-8-19)14-16-6-11-21-14/h1-6,11H,7-10,15H2,(H,17,18). The Morgan fingerprint density at radius 3 is 2.57 bits per heavy atom. The Bertz CT molecular complexity index is 575. The van der Waals surface area contributed by atoms with Gasteiger partial charge < -0.3 is 9.80 Å². The molecule has 1 fully saturated rings. The number of rotatable bonds is 2. The Balaban J connectivity index is 1.66. The Labute approximate surface area is 127 Å².